The lowest BCUT2D eigenvalue weighted by atomic mass is 10.2. The Balaban J connectivity index is 2.14. The molecule has 0 fully saturated rings. The molecule has 0 amide bonds. The molecule has 0 saturated heterocycles. The highest BCUT2D eigenvalue weighted by molar-refractivity contribution is 8.13. The van der Waals surface area contributed by atoms with Crippen LogP contribution in [0, 0.1) is 0 Å². The van der Waals surface area contributed by atoms with Gasteiger partial charge in [0.05, 0.1) is 12.4 Å². The van der Waals surface area contributed by atoms with Gasteiger partial charge in [-0.1, -0.05) is 36.0 Å². The van der Waals surface area contributed by atoms with Crippen LogP contribution in [0.2, 0.25) is 10.0 Å². The molecular formula is C12H15Cl3O3S. The van der Waals surface area contributed by atoms with Gasteiger partial charge in [-0.2, -0.15) is 0 Å². The summed E-state index contributed by atoms with van der Waals surface area (Å²) in [5, 5.41) is 1.07. The van der Waals surface area contributed by atoms with E-state index in [1.165, 1.54) is 0 Å². The van der Waals surface area contributed by atoms with Crippen LogP contribution < -0.4 is 4.74 Å². The van der Waals surface area contributed by atoms with E-state index in [4.69, 9.17) is 38.6 Å². The first-order valence-corrected chi connectivity index (χ1v) is 9.11. The van der Waals surface area contributed by atoms with Crippen molar-refractivity contribution in [1.82, 2.24) is 0 Å². The van der Waals surface area contributed by atoms with Crippen LogP contribution in [-0.4, -0.2) is 20.8 Å². The van der Waals surface area contributed by atoms with E-state index in [2.05, 4.69) is 0 Å². The van der Waals surface area contributed by atoms with Crippen molar-refractivity contribution in [2.45, 2.75) is 25.7 Å². The van der Waals surface area contributed by atoms with E-state index in [9.17, 15) is 8.42 Å². The lowest BCUT2D eigenvalue weighted by Gasteiger charge is -2.07. The molecular weight excluding hydrogens is 331 g/mol. The third kappa shape index (κ3) is 8.58. The lowest BCUT2D eigenvalue weighted by molar-refractivity contribution is 0.305. The topological polar surface area (TPSA) is 43.4 Å². The Hall–Kier alpha value is -0.160. The molecule has 1 aromatic carbocycles. The first kappa shape index (κ1) is 16.9. The molecule has 3 nitrogen and oxygen atoms in total. The molecule has 0 heterocycles. The van der Waals surface area contributed by atoms with Gasteiger partial charge in [-0.25, -0.2) is 8.42 Å². The highest BCUT2D eigenvalue weighted by atomic mass is 35.7. The Morgan fingerprint density at radius 3 is 2.11 bits per heavy atom. The molecule has 0 aliphatic rings. The van der Waals surface area contributed by atoms with Crippen molar-refractivity contribution in [1.29, 1.82) is 0 Å². The van der Waals surface area contributed by atoms with Gasteiger partial charge >= 0.3 is 0 Å². The SMILES string of the molecule is O=S(=O)(Cl)CCCCCCOc1cc(Cl)cc(Cl)c1. The number of hydrogen-bond acceptors (Lipinski definition) is 3. The number of halogens is 3. The fraction of sp³-hybridized carbons (Fsp3) is 0.500. The molecule has 0 aromatic heterocycles. The highest BCUT2D eigenvalue weighted by Gasteiger charge is 2.04. The molecule has 0 radical (unpaired) electrons. The molecule has 1 rings (SSSR count). The first-order valence-electron chi connectivity index (χ1n) is 5.88. The van der Waals surface area contributed by atoms with E-state index in [1.807, 2.05) is 0 Å². The maximum atomic E-state index is 10.7. The zero-order chi connectivity index (χ0) is 14.3. The number of ether oxygens (including phenoxy) is 1. The molecule has 0 atom stereocenters. The van der Waals surface area contributed by atoms with Gasteiger partial charge in [-0.05, 0) is 31.0 Å². The summed E-state index contributed by atoms with van der Waals surface area (Å²) in [5.74, 6) is 0.667. The Kier molecular flexibility index (Phi) is 7.29. The minimum atomic E-state index is -3.36. The van der Waals surface area contributed by atoms with Crippen LogP contribution in [0.15, 0.2) is 18.2 Å². The van der Waals surface area contributed by atoms with Gasteiger partial charge in [0, 0.05) is 20.7 Å². The van der Waals surface area contributed by atoms with Crippen LogP contribution in [0.3, 0.4) is 0 Å². The maximum Gasteiger partial charge on any atom is 0.232 e. The molecule has 0 aliphatic carbocycles. The summed E-state index contributed by atoms with van der Waals surface area (Å²) in [6, 6.07) is 5.05. The van der Waals surface area contributed by atoms with E-state index < -0.39 is 9.05 Å². The lowest BCUT2D eigenvalue weighted by Crippen LogP contribution is -1.99. The summed E-state index contributed by atoms with van der Waals surface area (Å²) in [6.45, 7) is 0.546. The summed E-state index contributed by atoms with van der Waals surface area (Å²) in [6.07, 6.45) is 3.12. The third-order valence-corrected chi connectivity index (χ3v) is 4.06. The van der Waals surface area contributed by atoms with E-state index >= 15 is 0 Å². The van der Waals surface area contributed by atoms with Gasteiger partial charge in [0.2, 0.25) is 9.05 Å². The summed E-state index contributed by atoms with van der Waals surface area (Å²) < 4.78 is 26.9. The molecule has 0 saturated carbocycles. The maximum absolute atomic E-state index is 10.7. The molecule has 0 aliphatic heterocycles. The normalized spacial score (nSPS) is 11.5. The first-order chi connectivity index (χ1) is 8.87. The van der Waals surface area contributed by atoms with E-state index in [0.717, 1.165) is 19.3 Å². The molecule has 19 heavy (non-hydrogen) atoms. The summed E-state index contributed by atoms with van der Waals surface area (Å²) >= 11 is 11.7. The average molecular weight is 346 g/mol. The third-order valence-electron chi connectivity index (χ3n) is 2.39. The molecule has 0 bridgehead atoms. The van der Waals surface area contributed by atoms with Crippen LogP contribution in [-0.2, 0) is 9.05 Å². The Morgan fingerprint density at radius 2 is 1.53 bits per heavy atom. The van der Waals surface area contributed by atoms with Crippen molar-refractivity contribution < 1.29 is 13.2 Å². The second-order valence-corrected chi connectivity index (χ2v) is 7.88. The molecule has 0 N–H and O–H groups in total. The van der Waals surface area contributed by atoms with Crippen LogP contribution in [0.25, 0.3) is 0 Å². The largest absolute Gasteiger partial charge is 0.493 e. The quantitative estimate of drug-likeness (QED) is 0.514. The molecule has 0 spiro atoms. The van der Waals surface area contributed by atoms with Gasteiger partial charge in [0.15, 0.2) is 0 Å². The Bertz CT molecular complexity index is 483. The van der Waals surface area contributed by atoms with Gasteiger partial charge in [0.25, 0.3) is 0 Å². The number of rotatable bonds is 8. The van der Waals surface area contributed by atoms with Crippen molar-refractivity contribution in [2.24, 2.45) is 0 Å². The number of hydrogen-bond donors (Lipinski definition) is 0. The zero-order valence-corrected chi connectivity index (χ0v) is 13.3. The average Bonchev–Trinajstić information content (AvgIpc) is 2.25. The minimum absolute atomic E-state index is 0.0271. The zero-order valence-electron chi connectivity index (χ0n) is 10.2. The Morgan fingerprint density at radius 1 is 0.947 bits per heavy atom. The predicted molar refractivity (Wildman–Crippen MR) is 80.1 cm³/mol. The molecule has 108 valence electrons. The standard InChI is InChI=1S/C12H15Cl3O3S/c13-10-7-11(14)9-12(8-10)18-5-3-1-2-4-6-19(15,16)17/h7-9H,1-6H2. The van der Waals surface area contributed by atoms with Crippen molar-refractivity contribution in [2.75, 3.05) is 12.4 Å². The predicted octanol–water partition coefficient (Wildman–Crippen LogP) is 4.50. The van der Waals surface area contributed by atoms with Crippen molar-refractivity contribution >= 4 is 42.9 Å². The van der Waals surface area contributed by atoms with Gasteiger partial charge < -0.3 is 4.74 Å². The second-order valence-electron chi connectivity index (χ2n) is 4.11. The Labute approximate surface area is 128 Å². The highest BCUT2D eigenvalue weighted by Crippen LogP contribution is 2.24. The van der Waals surface area contributed by atoms with Crippen LogP contribution in [0.5, 0.6) is 5.75 Å². The molecule has 7 heteroatoms. The van der Waals surface area contributed by atoms with E-state index in [0.29, 0.717) is 28.8 Å². The summed E-state index contributed by atoms with van der Waals surface area (Å²) in [4.78, 5) is 0. The monoisotopic (exact) mass is 344 g/mol. The summed E-state index contributed by atoms with van der Waals surface area (Å²) in [7, 11) is 1.75. The fourth-order valence-electron chi connectivity index (χ4n) is 1.53. The molecule has 0 unspecified atom stereocenters. The van der Waals surface area contributed by atoms with Crippen LogP contribution in [0.1, 0.15) is 25.7 Å². The van der Waals surface area contributed by atoms with Crippen molar-refractivity contribution in [3.63, 3.8) is 0 Å². The summed E-state index contributed by atoms with van der Waals surface area (Å²) in [5.41, 5.74) is 0. The van der Waals surface area contributed by atoms with Gasteiger partial charge in [-0.15, -0.1) is 0 Å². The van der Waals surface area contributed by atoms with Crippen LogP contribution >= 0.6 is 33.9 Å². The van der Waals surface area contributed by atoms with E-state index in [1.54, 1.807) is 18.2 Å². The second kappa shape index (κ2) is 8.20. The van der Waals surface area contributed by atoms with Crippen molar-refractivity contribution in [3.8, 4) is 5.75 Å². The van der Waals surface area contributed by atoms with Gasteiger partial charge in [-0.3, -0.25) is 0 Å². The minimum Gasteiger partial charge on any atom is -0.493 e. The van der Waals surface area contributed by atoms with E-state index in [-0.39, 0.29) is 5.75 Å². The van der Waals surface area contributed by atoms with Gasteiger partial charge in [0.1, 0.15) is 5.75 Å². The number of unbranched alkanes of at least 4 members (excludes halogenated alkanes) is 3. The van der Waals surface area contributed by atoms with Crippen LogP contribution in [0.4, 0.5) is 0 Å². The smallest absolute Gasteiger partial charge is 0.232 e. The fourth-order valence-corrected chi connectivity index (χ4v) is 2.91. The molecule has 1 aromatic rings. The number of benzene rings is 1. The van der Waals surface area contributed by atoms with Crippen molar-refractivity contribution in [3.05, 3.63) is 28.2 Å².